The number of nitrogens with one attached hydrogen (secondary N) is 4. The molecule has 0 bridgehead atoms. The number of nitrogens with two attached hydrogens (primary N) is 1. The predicted octanol–water partition coefficient (Wildman–Crippen LogP) is 3.34. The zero-order valence-corrected chi connectivity index (χ0v) is 17.4. The van der Waals surface area contributed by atoms with E-state index in [2.05, 4.69) is 31.2 Å². The van der Waals surface area contributed by atoms with E-state index in [0.717, 1.165) is 22.4 Å². The number of urea groups is 1. The largest absolute Gasteiger partial charge is 0.366 e. The minimum Gasteiger partial charge on any atom is -0.366 e. The van der Waals surface area contributed by atoms with E-state index in [4.69, 9.17) is 17.3 Å². The van der Waals surface area contributed by atoms with Gasteiger partial charge in [0.05, 0.1) is 17.4 Å². The molecule has 3 aromatic rings. The molecule has 0 unspecified atom stereocenters. The zero-order valence-electron chi connectivity index (χ0n) is 16.6. The first-order valence-corrected chi connectivity index (χ1v) is 9.88. The third kappa shape index (κ3) is 4.51. The molecule has 1 aliphatic heterocycles. The number of hydrogen-bond acceptors (Lipinski definition) is 6. The van der Waals surface area contributed by atoms with Gasteiger partial charge in [-0.2, -0.15) is 4.98 Å². The van der Waals surface area contributed by atoms with Gasteiger partial charge in [-0.1, -0.05) is 29.8 Å². The van der Waals surface area contributed by atoms with Crippen LogP contribution in [0.2, 0.25) is 5.02 Å². The number of para-hydroxylation sites is 1. The summed E-state index contributed by atoms with van der Waals surface area (Å²) in [4.78, 5) is 32.0. The van der Waals surface area contributed by atoms with Crippen molar-refractivity contribution in [1.29, 1.82) is 0 Å². The quantitative estimate of drug-likeness (QED) is 0.415. The maximum absolute atomic E-state index is 11.8. The van der Waals surface area contributed by atoms with Gasteiger partial charge in [-0.15, -0.1) is 0 Å². The molecule has 0 saturated carbocycles. The molecule has 1 aromatic heterocycles. The van der Waals surface area contributed by atoms with Crippen LogP contribution in [0.25, 0.3) is 0 Å². The summed E-state index contributed by atoms with van der Waals surface area (Å²) in [7, 11) is 0. The number of carbonyl (C=O) groups excluding carboxylic acids is 2. The van der Waals surface area contributed by atoms with E-state index < -0.39 is 5.91 Å². The van der Waals surface area contributed by atoms with Crippen molar-refractivity contribution in [2.24, 2.45) is 5.73 Å². The number of carbonyl (C=O) groups is 2. The highest BCUT2D eigenvalue weighted by molar-refractivity contribution is 6.33. The number of aryl methyl sites for hydroxylation is 1. The summed E-state index contributed by atoms with van der Waals surface area (Å²) in [5.41, 5.74) is 9.97. The van der Waals surface area contributed by atoms with Crippen LogP contribution in [-0.4, -0.2) is 21.9 Å². The fraction of sp³-hybridized carbons (Fsp3) is 0.143. The summed E-state index contributed by atoms with van der Waals surface area (Å²) in [6.45, 7) is 2.74. The Kier molecular flexibility index (Phi) is 5.59. The first-order chi connectivity index (χ1) is 14.9. The number of amides is 3. The molecule has 0 fully saturated rings. The highest BCUT2D eigenvalue weighted by Gasteiger charge is 2.15. The second kappa shape index (κ2) is 8.49. The van der Waals surface area contributed by atoms with Crippen LogP contribution in [0.4, 0.5) is 27.9 Å². The fourth-order valence-corrected chi connectivity index (χ4v) is 3.39. The Balaban J connectivity index is 1.60. The van der Waals surface area contributed by atoms with Gasteiger partial charge in [0.25, 0.3) is 5.91 Å². The lowest BCUT2D eigenvalue weighted by atomic mass is 10.1. The number of aromatic nitrogens is 2. The van der Waals surface area contributed by atoms with E-state index >= 15 is 0 Å². The van der Waals surface area contributed by atoms with E-state index in [-0.39, 0.29) is 6.03 Å². The number of rotatable bonds is 5. The highest BCUT2D eigenvalue weighted by Crippen LogP contribution is 2.29. The van der Waals surface area contributed by atoms with Gasteiger partial charge in [0.2, 0.25) is 5.95 Å². The van der Waals surface area contributed by atoms with Gasteiger partial charge < -0.3 is 27.0 Å². The standard InChI is InChI=1S/C21H20ClN7O2/c1-11-3-2-4-15(18(23)30)17(11)28-19-16(22)10-24-20(29-19)27-14-6-5-12-8-25-21(31)26-9-13(12)7-14/h2-7,10H,8-9H2,1H3,(H2,23,30)(H2,25,26,31)(H2,24,27,28,29). The molecule has 0 spiro atoms. The lowest BCUT2D eigenvalue weighted by Crippen LogP contribution is -2.31. The van der Waals surface area contributed by atoms with E-state index in [1.165, 1.54) is 6.20 Å². The summed E-state index contributed by atoms with van der Waals surface area (Å²) in [6, 6.07) is 10.8. The molecular weight excluding hydrogens is 418 g/mol. The maximum atomic E-state index is 11.8. The number of anilines is 4. The van der Waals surface area contributed by atoms with Gasteiger partial charge in [-0.3, -0.25) is 4.79 Å². The fourth-order valence-electron chi connectivity index (χ4n) is 3.26. The van der Waals surface area contributed by atoms with Crippen LogP contribution >= 0.6 is 11.6 Å². The van der Waals surface area contributed by atoms with Crippen LogP contribution in [0.3, 0.4) is 0 Å². The van der Waals surface area contributed by atoms with Crippen molar-refractivity contribution in [2.75, 3.05) is 10.6 Å². The molecule has 9 nitrogen and oxygen atoms in total. The number of hydrogen-bond donors (Lipinski definition) is 5. The first-order valence-electron chi connectivity index (χ1n) is 9.50. The molecule has 10 heteroatoms. The van der Waals surface area contributed by atoms with Crippen molar-refractivity contribution in [3.05, 3.63) is 69.9 Å². The monoisotopic (exact) mass is 437 g/mol. The van der Waals surface area contributed by atoms with Gasteiger partial charge >= 0.3 is 6.03 Å². The van der Waals surface area contributed by atoms with Crippen molar-refractivity contribution in [2.45, 2.75) is 20.0 Å². The zero-order chi connectivity index (χ0) is 22.0. The molecule has 0 radical (unpaired) electrons. The third-order valence-corrected chi connectivity index (χ3v) is 5.14. The second-order valence-electron chi connectivity index (χ2n) is 7.02. The summed E-state index contributed by atoms with van der Waals surface area (Å²) in [5, 5.41) is 12.1. The number of benzene rings is 2. The van der Waals surface area contributed by atoms with Crippen molar-refractivity contribution in [3.8, 4) is 0 Å². The molecule has 1 aliphatic rings. The molecule has 0 aliphatic carbocycles. The van der Waals surface area contributed by atoms with Crippen molar-refractivity contribution in [1.82, 2.24) is 20.6 Å². The minimum absolute atomic E-state index is 0.200. The third-order valence-electron chi connectivity index (χ3n) is 4.87. The van der Waals surface area contributed by atoms with Gasteiger partial charge in [0, 0.05) is 18.8 Å². The first kappa shape index (κ1) is 20.4. The molecule has 6 N–H and O–H groups in total. The molecule has 0 atom stereocenters. The second-order valence-corrected chi connectivity index (χ2v) is 7.43. The predicted molar refractivity (Wildman–Crippen MR) is 119 cm³/mol. The molecular formula is C21H20ClN7O2. The van der Waals surface area contributed by atoms with Crippen LogP contribution in [-0.2, 0) is 13.1 Å². The lowest BCUT2D eigenvalue weighted by Gasteiger charge is -2.15. The van der Waals surface area contributed by atoms with Gasteiger partial charge in [-0.25, -0.2) is 9.78 Å². The number of primary amides is 1. The molecule has 2 heterocycles. The van der Waals surface area contributed by atoms with Crippen LogP contribution in [0.1, 0.15) is 27.0 Å². The Morgan fingerprint density at radius 2 is 1.90 bits per heavy atom. The van der Waals surface area contributed by atoms with Crippen molar-refractivity contribution >= 4 is 46.7 Å². The summed E-state index contributed by atoms with van der Waals surface area (Å²) in [5.74, 6) is 0.0975. The summed E-state index contributed by atoms with van der Waals surface area (Å²) < 4.78 is 0. The van der Waals surface area contributed by atoms with Crippen molar-refractivity contribution in [3.63, 3.8) is 0 Å². The normalized spacial score (nSPS) is 12.8. The lowest BCUT2D eigenvalue weighted by molar-refractivity contribution is 0.100. The average molecular weight is 438 g/mol. The smallest absolute Gasteiger partial charge is 0.315 e. The Bertz CT molecular complexity index is 1180. The number of fused-ring (bicyclic) bond motifs is 1. The molecule has 4 rings (SSSR count). The van der Waals surface area contributed by atoms with Gasteiger partial charge in [0.15, 0.2) is 5.82 Å². The van der Waals surface area contributed by atoms with Crippen molar-refractivity contribution < 1.29 is 9.59 Å². The van der Waals surface area contributed by atoms with E-state index in [1.807, 2.05) is 31.2 Å². The molecule has 158 valence electrons. The minimum atomic E-state index is -0.554. The van der Waals surface area contributed by atoms with E-state index in [1.54, 1.807) is 12.1 Å². The Hall–Kier alpha value is -3.85. The molecule has 0 saturated heterocycles. The number of halogens is 1. The Morgan fingerprint density at radius 1 is 1.13 bits per heavy atom. The number of nitrogens with zero attached hydrogens (tertiary/aromatic N) is 2. The van der Waals surface area contributed by atoms with Crippen LogP contribution in [0, 0.1) is 6.92 Å². The Morgan fingerprint density at radius 3 is 2.68 bits per heavy atom. The maximum Gasteiger partial charge on any atom is 0.315 e. The molecule has 31 heavy (non-hydrogen) atoms. The van der Waals surface area contributed by atoms with Crippen LogP contribution in [0.5, 0.6) is 0 Å². The summed E-state index contributed by atoms with van der Waals surface area (Å²) >= 11 is 6.28. The van der Waals surface area contributed by atoms with E-state index in [0.29, 0.717) is 41.1 Å². The van der Waals surface area contributed by atoms with Crippen LogP contribution < -0.4 is 27.0 Å². The Labute approximate surface area is 183 Å². The SMILES string of the molecule is Cc1cccc(C(N)=O)c1Nc1nc(Nc2ccc3c(c2)CNC(=O)NC3)ncc1Cl. The molecule has 3 amide bonds. The molecule has 2 aromatic carbocycles. The van der Waals surface area contributed by atoms with Gasteiger partial charge in [0.1, 0.15) is 5.02 Å². The topological polar surface area (TPSA) is 134 Å². The van der Waals surface area contributed by atoms with Crippen LogP contribution in [0.15, 0.2) is 42.6 Å². The average Bonchev–Trinajstić information content (AvgIpc) is 2.93. The van der Waals surface area contributed by atoms with E-state index in [9.17, 15) is 9.59 Å². The highest BCUT2D eigenvalue weighted by atomic mass is 35.5. The van der Waals surface area contributed by atoms with Gasteiger partial charge in [-0.05, 0) is 41.8 Å². The summed E-state index contributed by atoms with van der Waals surface area (Å²) in [6.07, 6.45) is 1.47.